The van der Waals surface area contributed by atoms with E-state index in [4.69, 9.17) is 0 Å². The number of rotatable bonds is 8. The van der Waals surface area contributed by atoms with Gasteiger partial charge in [-0.25, -0.2) is 0 Å². The van der Waals surface area contributed by atoms with Gasteiger partial charge < -0.3 is 10.6 Å². The van der Waals surface area contributed by atoms with Gasteiger partial charge in [-0.1, -0.05) is 20.3 Å². The first-order valence-corrected chi connectivity index (χ1v) is 6.03. The lowest BCUT2D eigenvalue weighted by Crippen LogP contribution is -2.27. The molecule has 0 aliphatic rings. The first-order valence-electron chi connectivity index (χ1n) is 6.03. The van der Waals surface area contributed by atoms with Gasteiger partial charge in [-0.2, -0.15) is 0 Å². The van der Waals surface area contributed by atoms with Crippen molar-refractivity contribution in [3.8, 4) is 0 Å². The van der Waals surface area contributed by atoms with Crippen LogP contribution in [0.2, 0.25) is 0 Å². The average molecular weight is 228 g/mol. The van der Waals surface area contributed by atoms with Crippen LogP contribution in [0.5, 0.6) is 0 Å². The molecule has 0 unspecified atom stereocenters. The third-order valence-electron chi connectivity index (χ3n) is 2.16. The molecule has 2 amide bonds. The van der Waals surface area contributed by atoms with Crippen molar-refractivity contribution in [3.63, 3.8) is 0 Å². The van der Waals surface area contributed by atoms with Gasteiger partial charge in [-0.3, -0.25) is 9.59 Å². The summed E-state index contributed by atoms with van der Waals surface area (Å²) in [7, 11) is 0. The summed E-state index contributed by atoms with van der Waals surface area (Å²) in [6, 6.07) is 0. The molecule has 16 heavy (non-hydrogen) atoms. The van der Waals surface area contributed by atoms with Crippen LogP contribution in [0.15, 0.2) is 0 Å². The summed E-state index contributed by atoms with van der Waals surface area (Å²) in [5.41, 5.74) is 0. The summed E-state index contributed by atoms with van der Waals surface area (Å²) in [6.07, 6.45) is 3.41. The van der Waals surface area contributed by atoms with Crippen molar-refractivity contribution in [2.75, 3.05) is 13.1 Å². The number of amides is 2. The molecule has 0 aromatic carbocycles. The Morgan fingerprint density at radius 3 is 2.31 bits per heavy atom. The highest BCUT2D eigenvalue weighted by molar-refractivity contribution is 5.75. The Hall–Kier alpha value is -1.06. The maximum atomic E-state index is 11.3. The van der Waals surface area contributed by atoms with Crippen molar-refractivity contribution < 1.29 is 9.59 Å². The van der Waals surface area contributed by atoms with E-state index in [1.54, 1.807) is 0 Å². The quantitative estimate of drug-likeness (QED) is 0.618. The topological polar surface area (TPSA) is 58.2 Å². The van der Waals surface area contributed by atoms with Crippen LogP contribution in [-0.4, -0.2) is 24.9 Å². The van der Waals surface area contributed by atoms with Crippen molar-refractivity contribution >= 4 is 11.8 Å². The summed E-state index contributed by atoms with van der Waals surface area (Å²) in [6.45, 7) is 7.13. The van der Waals surface area contributed by atoms with Crippen LogP contribution in [-0.2, 0) is 9.59 Å². The van der Waals surface area contributed by atoms with E-state index in [1.807, 2.05) is 0 Å². The van der Waals surface area contributed by atoms with Crippen LogP contribution < -0.4 is 10.6 Å². The van der Waals surface area contributed by atoms with Crippen LogP contribution >= 0.6 is 0 Å². The molecule has 2 N–H and O–H groups in total. The number of nitrogens with one attached hydrogen (secondary N) is 2. The molecule has 0 saturated heterocycles. The molecule has 0 bridgehead atoms. The second-order valence-corrected chi connectivity index (χ2v) is 4.49. The second kappa shape index (κ2) is 9.19. The second-order valence-electron chi connectivity index (χ2n) is 4.49. The van der Waals surface area contributed by atoms with Crippen LogP contribution in [0.3, 0.4) is 0 Å². The smallest absolute Gasteiger partial charge is 0.220 e. The van der Waals surface area contributed by atoms with E-state index in [-0.39, 0.29) is 11.8 Å². The molecule has 0 atom stereocenters. The van der Waals surface area contributed by atoms with Gasteiger partial charge >= 0.3 is 0 Å². The van der Waals surface area contributed by atoms with E-state index >= 15 is 0 Å². The van der Waals surface area contributed by atoms with E-state index in [1.165, 1.54) is 6.92 Å². The van der Waals surface area contributed by atoms with Gasteiger partial charge in [-0.15, -0.1) is 0 Å². The normalized spacial score (nSPS) is 10.2. The van der Waals surface area contributed by atoms with Gasteiger partial charge in [-0.05, 0) is 18.8 Å². The molecule has 0 rings (SSSR count). The summed E-state index contributed by atoms with van der Waals surface area (Å²) in [4.78, 5) is 21.9. The van der Waals surface area contributed by atoms with Gasteiger partial charge in [0.1, 0.15) is 0 Å². The lowest BCUT2D eigenvalue weighted by Gasteiger charge is -2.07. The zero-order valence-corrected chi connectivity index (χ0v) is 10.6. The molecule has 4 heteroatoms. The third-order valence-corrected chi connectivity index (χ3v) is 2.16. The number of hydrogen-bond acceptors (Lipinski definition) is 2. The van der Waals surface area contributed by atoms with E-state index in [2.05, 4.69) is 24.5 Å². The van der Waals surface area contributed by atoms with Crippen LogP contribution in [0, 0.1) is 5.92 Å². The zero-order chi connectivity index (χ0) is 12.4. The SMILES string of the molecule is CC(=O)NCCCCCC(=O)NCC(C)C. The lowest BCUT2D eigenvalue weighted by molar-refractivity contribution is -0.121. The van der Waals surface area contributed by atoms with Crippen LogP contribution in [0.1, 0.15) is 46.5 Å². The van der Waals surface area contributed by atoms with E-state index in [9.17, 15) is 9.59 Å². The highest BCUT2D eigenvalue weighted by Crippen LogP contribution is 1.99. The fourth-order valence-corrected chi connectivity index (χ4v) is 1.26. The molecule has 0 aromatic heterocycles. The van der Waals surface area contributed by atoms with Crippen molar-refractivity contribution in [2.24, 2.45) is 5.92 Å². The predicted molar refractivity (Wildman–Crippen MR) is 65.0 cm³/mol. The Bertz CT molecular complexity index is 215. The fourth-order valence-electron chi connectivity index (χ4n) is 1.26. The molecule has 0 aromatic rings. The highest BCUT2D eigenvalue weighted by Gasteiger charge is 2.01. The van der Waals surface area contributed by atoms with Crippen molar-refractivity contribution in [1.29, 1.82) is 0 Å². The molecule has 0 aliphatic heterocycles. The molecule has 4 nitrogen and oxygen atoms in total. The summed E-state index contributed by atoms with van der Waals surface area (Å²) in [5.74, 6) is 0.645. The van der Waals surface area contributed by atoms with Crippen molar-refractivity contribution in [3.05, 3.63) is 0 Å². The lowest BCUT2D eigenvalue weighted by atomic mass is 10.1. The number of hydrogen-bond donors (Lipinski definition) is 2. The maximum absolute atomic E-state index is 11.3. The highest BCUT2D eigenvalue weighted by atomic mass is 16.2. The van der Waals surface area contributed by atoms with Crippen molar-refractivity contribution in [2.45, 2.75) is 46.5 Å². The average Bonchev–Trinajstić information content (AvgIpc) is 2.19. The first-order chi connectivity index (χ1) is 7.52. The molecular weight excluding hydrogens is 204 g/mol. The Balaban J connectivity index is 3.24. The predicted octanol–water partition coefficient (Wildman–Crippen LogP) is 1.46. The van der Waals surface area contributed by atoms with E-state index in [0.29, 0.717) is 18.9 Å². The summed E-state index contributed by atoms with van der Waals surface area (Å²) >= 11 is 0. The maximum Gasteiger partial charge on any atom is 0.220 e. The molecule has 0 heterocycles. The van der Waals surface area contributed by atoms with Gasteiger partial charge in [0.25, 0.3) is 0 Å². The van der Waals surface area contributed by atoms with Crippen molar-refractivity contribution in [1.82, 2.24) is 10.6 Å². The molecule has 0 saturated carbocycles. The monoisotopic (exact) mass is 228 g/mol. The molecular formula is C12H24N2O2. The molecule has 0 radical (unpaired) electrons. The standard InChI is InChI=1S/C12H24N2O2/c1-10(2)9-14-12(16)7-5-4-6-8-13-11(3)15/h10H,4-9H2,1-3H3,(H,13,15)(H,14,16). The molecule has 0 spiro atoms. The number of carbonyl (C=O) groups excluding carboxylic acids is 2. The van der Waals surface area contributed by atoms with Gasteiger partial charge in [0.05, 0.1) is 0 Å². The summed E-state index contributed by atoms with van der Waals surface area (Å²) in [5, 5.41) is 5.62. The van der Waals surface area contributed by atoms with Crippen LogP contribution in [0.4, 0.5) is 0 Å². The number of carbonyl (C=O) groups is 2. The Labute approximate surface area is 98.2 Å². The molecule has 94 valence electrons. The minimum atomic E-state index is 0.00896. The first kappa shape index (κ1) is 14.9. The fraction of sp³-hybridized carbons (Fsp3) is 0.833. The van der Waals surface area contributed by atoms with Gasteiger partial charge in [0.15, 0.2) is 0 Å². The van der Waals surface area contributed by atoms with E-state index < -0.39 is 0 Å². The number of unbranched alkanes of at least 4 members (excludes halogenated alkanes) is 2. The Morgan fingerprint density at radius 2 is 1.75 bits per heavy atom. The Kier molecular flexibility index (Phi) is 8.58. The van der Waals surface area contributed by atoms with Crippen LogP contribution in [0.25, 0.3) is 0 Å². The third kappa shape index (κ3) is 11.0. The summed E-state index contributed by atoms with van der Waals surface area (Å²) < 4.78 is 0. The van der Waals surface area contributed by atoms with Gasteiger partial charge in [0, 0.05) is 26.4 Å². The minimum Gasteiger partial charge on any atom is -0.356 e. The molecule has 0 fully saturated rings. The van der Waals surface area contributed by atoms with Gasteiger partial charge in [0.2, 0.25) is 11.8 Å². The van der Waals surface area contributed by atoms with E-state index in [0.717, 1.165) is 25.8 Å². The Morgan fingerprint density at radius 1 is 1.06 bits per heavy atom. The molecule has 0 aliphatic carbocycles. The zero-order valence-electron chi connectivity index (χ0n) is 10.6. The largest absolute Gasteiger partial charge is 0.356 e. The minimum absolute atomic E-state index is 0.00896.